The monoisotopic (exact) mass is 318 g/mol. The number of ketones is 1. The normalized spacial score (nSPS) is 16.6. The second-order valence-electron chi connectivity index (χ2n) is 5.17. The van der Waals surface area contributed by atoms with E-state index in [0.29, 0.717) is 5.56 Å². The first-order valence-corrected chi connectivity index (χ1v) is 6.76. The number of aromatic hydroxyl groups is 4. The summed E-state index contributed by atoms with van der Waals surface area (Å²) in [7, 11) is 1.30. The van der Waals surface area contributed by atoms with Crippen molar-refractivity contribution in [2.45, 2.75) is 12.5 Å². The lowest BCUT2D eigenvalue weighted by Gasteiger charge is -2.27. The number of hydrogen-bond donors (Lipinski definition) is 4. The molecule has 1 aliphatic heterocycles. The van der Waals surface area contributed by atoms with E-state index < -0.39 is 17.6 Å². The minimum Gasteiger partial charge on any atom is -0.508 e. The third-order valence-electron chi connectivity index (χ3n) is 3.64. The van der Waals surface area contributed by atoms with Gasteiger partial charge in [-0.2, -0.15) is 0 Å². The highest BCUT2D eigenvalue weighted by molar-refractivity contribution is 6.02. The minimum absolute atomic E-state index is 0.0355. The van der Waals surface area contributed by atoms with E-state index in [4.69, 9.17) is 9.47 Å². The van der Waals surface area contributed by atoms with Gasteiger partial charge in [-0.05, 0) is 18.2 Å². The van der Waals surface area contributed by atoms with E-state index >= 15 is 0 Å². The van der Waals surface area contributed by atoms with Gasteiger partial charge in [0.1, 0.15) is 17.6 Å². The fourth-order valence-electron chi connectivity index (χ4n) is 2.55. The predicted octanol–water partition coefficient (Wildman–Crippen LogP) is 2.22. The van der Waals surface area contributed by atoms with Crippen LogP contribution in [-0.4, -0.2) is 33.3 Å². The molecule has 4 N–H and O–H groups in total. The number of ether oxygens (including phenoxy) is 2. The van der Waals surface area contributed by atoms with Crippen LogP contribution in [0.3, 0.4) is 0 Å². The van der Waals surface area contributed by atoms with Gasteiger partial charge in [0.05, 0.1) is 19.1 Å². The zero-order valence-corrected chi connectivity index (χ0v) is 12.1. The summed E-state index contributed by atoms with van der Waals surface area (Å²) in [5, 5.41) is 39.0. The van der Waals surface area contributed by atoms with Gasteiger partial charge < -0.3 is 29.9 Å². The van der Waals surface area contributed by atoms with E-state index in [0.717, 1.165) is 6.07 Å². The summed E-state index contributed by atoms with van der Waals surface area (Å²) in [6, 6.07) is 5.14. The molecule has 1 aliphatic rings. The molecule has 7 heteroatoms. The molecular formula is C16H14O7. The van der Waals surface area contributed by atoms with Crippen LogP contribution >= 0.6 is 0 Å². The molecule has 0 amide bonds. The Morgan fingerprint density at radius 2 is 1.70 bits per heavy atom. The maximum Gasteiger partial charge on any atom is 0.205 e. The number of fused-ring (bicyclic) bond motifs is 1. The molecule has 2 aromatic rings. The Morgan fingerprint density at radius 1 is 1.04 bits per heavy atom. The smallest absolute Gasteiger partial charge is 0.205 e. The van der Waals surface area contributed by atoms with Gasteiger partial charge in [0.15, 0.2) is 17.3 Å². The van der Waals surface area contributed by atoms with E-state index in [1.165, 1.54) is 25.3 Å². The molecule has 1 atom stereocenters. The number of rotatable bonds is 2. The van der Waals surface area contributed by atoms with Crippen molar-refractivity contribution < 1.29 is 34.7 Å². The van der Waals surface area contributed by atoms with Gasteiger partial charge in [-0.3, -0.25) is 4.79 Å². The van der Waals surface area contributed by atoms with Gasteiger partial charge in [0, 0.05) is 11.6 Å². The van der Waals surface area contributed by atoms with Gasteiger partial charge in [-0.15, -0.1) is 0 Å². The van der Waals surface area contributed by atoms with Crippen LogP contribution in [0.1, 0.15) is 28.4 Å². The molecule has 23 heavy (non-hydrogen) atoms. The van der Waals surface area contributed by atoms with Crippen molar-refractivity contribution in [3.05, 3.63) is 35.4 Å². The Labute approximate surface area is 131 Å². The van der Waals surface area contributed by atoms with Crippen LogP contribution in [0.25, 0.3) is 0 Å². The Hall–Kier alpha value is -3.09. The van der Waals surface area contributed by atoms with Crippen LogP contribution < -0.4 is 9.47 Å². The SMILES string of the molecule is COc1cc2c(c(O)c1O)OC(c1cc(O)cc(O)c1)CC2=O. The van der Waals surface area contributed by atoms with Crippen LogP contribution in [0, 0.1) is 0 Å². The van der Waals surface area contributed by atoms with Gasteiger partial charge in [-0.1, -0.05) is 0 Å². The molecule has 1 unspecified atom stereocenters. The van der Waals surface area contributed by atoms with E-state index in [2.05, 4.69) is 0 Å². The lowest BCUT2D eigenvalue weighted by Crippen LogP contribution is -2.20. The molecule has 0 aromatic heterocycles. The van der Waals surface area contributed by atoms with Crippen molar-refractivity contribution in [1.82, 2.24) is 0 Å². The highest BCUT2D eigenvalue weighted by Crippen LogP contribution is 2.49. The molecule has 2 aromatic carbocycles. The summed E-state index contributed by atoms with van der Waals surface area (Å²) in [6.07, 6.45) is -0.866. The fourth-order valence-corrected chi connectivity index (χ4v) is 2.55. The van der Waals surface area contributed by atoms with Crippen LogP contribution in [0.4, 0.5) is 0 Å². The molecule has 0 saturated heterocycles. The zero-order chi connectivity index (χ0) is 16.7. The van der Waals surface area contributed by atoms with Crippen LogP contribution in [0.15, 0.2) is 24.3 Å². The minimum atomic E-state index is -0.813. The summed E-state index contributed by atoms with van der Waals surface area (Å²) >= 11 is 0. The molecule has 3 rings (SSSR count). The van der Waals surface area contributed by atoms with Gasteiger partial charge in [0.2, 0.25) is 11.5 Å². The number of carbonyl (C=O) groups excluding carboxylic acids is 1. The number of Topliss-reactive ketones (excluding diaryl/α,β-unsaturated/α-hetero) is 1. The van der Waals surface area contributed by atoms with Crippen molar-refractivity contribution in [2.75, 3.05) is 7.11 Å². The Bertz CT molecular complexity index is 777. The number of carbonyl (C=O) groups is 1. The molecule has 1 heterocycles. The molecule has 0 fully saturated rings. The molecule has 0 spiro atoms. The third-order valence-corrected chi connectivity index (χ3v) is 3.64. The highest BCUT2D eigenvalue weighted by Gasteiger charge is 2.33. The van der Waals surface area contributed by atoms with Gasteiger partial charge in [0.25, 0.3) is 0 Å². The predicted molar refractivity (Wildman–Crippen MR) is 78.4 cm³/mol. The number of benzene rings is 2. The Balaban J connectivity index is 2.07. The summed E-state index contributed by atoms with van der Waals surface area (Å²) in [5.74, 6) is -2.00. The molecule has 0 radical (unpaired) electrons. The second kappa shape index (κ2) is 5.28. The second-order valence-corrected chi connectivity index (χ2v) is 5.17. The van der Waals surface area contributed by atoms with Crippen molar-refractivity contribution >= 4 is 5.78 Å². The fraction of sp³-hybridized carbons (Fsp3) is 0.188. The summed E-state index contributed by atoms with van der Waals surface area (Å²) in [6.45, 7) is 0. The molecule has 0 saturated carbocycles. The molecule has 0 bridgehead atoms. The first-order valence-electron chi connectivity index (χ1n) is 6.76. The van der Waals surface area contributed by atoms with Crippen LogP contribution in [0.2, 0.25) is 0 Å². The van der Waals surface area contributed by atoms with Crippen LogP contribution in [0.5, 0.6) is 34.5 Å². The van der Waals surface area contributed by atoms with E-state index in [9.17, 15) is 25.2 Å². The third kappa shape index (κ3) is 2.46. The number of phenolic OH excluding ortho intramolecular Hbond substituents is 4. The van der Waals surface area contributed by atoms with Crippen molar-refractivity contribution in [1.29, 1.82) is 0 Å². The highest BCUT2D eigenvalue weighted by atomic mass is 16.5. The van der Waals surface area contributed by atoms with E-state index in [1.54, 1.807) is 0 Å². The summed E-state index contributed by atoms with van der Waals surface area (Å²) < 4.78 is 10.5. The first-order chi connectivity index (χ1) is 10.9. The molecule has 120 valence electrons. The lowest BCUT2D eigenvalue weighted by atomic mass is 9.95. The van der Waals surface area contributed by atoms with Crippen LogP contribution in [-0.2, 0) is 0 Å². The average Bonchev–Trinajstić information content (AvgIpc) is 2.50. The lowest BCUT2D eigenvalue weighted by molar-refractivity contribution is 0.0839. The van der Waals surface area contributed by atoms with Crippen molar-refractivity contribution in [2.24, 2.45) is 0 Å². The quantitative estimate of drug-likeness (QED) is 0.627. The topological polar surface area (TPSA) is 116 Å². The average molecular weight is 318 g/mol. The Kier molecular flexibility index (Phi) is 3.40. The largest absolute Gasteiger partial charge is 0.508 e. The molecule has 0 aliphatic carbocycles. The van der Waals surface area contributed by atoms with E-state index in [-0.39, 0.29) is 40.8 Å². The zero-order valence-electron chi connectivity index (χ0n) is 12.1. The van der Waals surface area contributed by atoms with Gasteiger partial charge >= 0.3 is 0 Å². The van der Waals surface area contributed by atoms with Crippen molar-refractivity contribution in [3.8, 4) is 34.5 Å². The standard InChI is InChI=1S/C16H14O7/c1-22-13-5-10-11(19)6-12(23-16(10)15(21)14(13)20)7-2-8(17)4-9(18)3-7/h2-5,12,17-18,20-21H,6H2,1H3. The number of phenols is 4. The van der Waals surface area contributed by atoms with E-state index in [1.807, 2.05) is 0 Å². The maximum absolute atomic E-state index is 12.3. The Morgan fingerprint density at radius 3 is 2.30 bits per heavy atom. The maximum atomic E-state index is 12.3. The summed E-state index contributed by atoms with van der Waals surface area (Å²) in [5.41, 5.74) is 0.467. The first kappa shape index (κ1) is 14.8. The summed E-state index contributed by atoms with van der Waals surface area (Å²) in [4.78, 5) is 12.3. The van der Waals surface area contributed by atoms with Gasteiger partial charge in [-0.25, -0.2) is 0 Å². The van der Waals surface area contributed by atoms with Crippen molar-refractivity contribution in [3.63, 3.8) is 0 Å². The molecular weight excluding hydrogens is 304 g/mol. The molecule has 7 nitrogen and oxygen atoms in total. The number of methoxy groups -OCH3 is 1. The number of hydrogen-bond acceptors (Lipinski definition) is 7.